The van der Waals surface area contributed by atoms with Crippen LogP contribution < -0.4 is 10.2 Å². The number of furan rings is 1. The van der Waals surface area contributed by atoms with Gasteiger partial charge in [0.15, 0.2) is 0 Å². The Morgan fingerprint density at radius 2 is 1.73 bits per heavy atom. The first-order valence-corrected chi connectivity index (χ1v) is 11.3. The van der Waals surface area contributed by atoms with Gasteiger partial charge in [0.1, 0.15) is 17.9 Å². The van der Waals surface area contributed by atoms with E-state index < -0.39 is 18.3 Å². The topological polar surface area (TPSA) is 67.1 Å². The van der Waals surface area contributed by atoms with E-state index in [4.69, 9.17) is 23.2 Å². The molecule has 1 aromatic heterocycles. The molecule has 2 heterocycles. The predicted octanol–water partition coefficient (Wildman–Crippen LogP) is 4.81. The Hall–Kier alpha value is -2.77. The highest BCUT2D eigenvalue weighted by atomic mass is 16.7. The fourth-order valence-corrected chi connectivity index (χ4v) is 3.82. The molecule has 1 aliphatic heterocycles. The van der Waals surface area contributed by atoms with Gasteiger partial charge in [-0.2, -0.15) is 0 Å². The smallest absolute Gasteiger partial charge is 0.489 e. The van der Waals surface area contributed by atoms with Crippen LogP contribution in [-0.4, -0.2) is 30.4 Å². The first kappa shape index (κ1) is 23.4. The third-order valence-electron chi connectivity index (χ3n) is 6.24. The zero-order chi connectivity index (χ0) is 23.8. The standard InChI is InChI=1S/C26H31BO6/c1-17(2)31-24(28)15-19-9-7-8-10-22(19)30-16-18-13-21(20-11-12-29-23(20)14-18)27-32-25(3,4)26(5,6)33-27/h7-14,17H,15-16H2,1-6H3. The van der Waals surface area contributed by atoms with Gasteiger partial charge in [-0.05, 0) is 70.8 Å². The number of ether oxygens (including phenoxy) is 2. The molecule has 6 nitrogen and oxygen atoms in total. The Morgan fingerprint density at radius 1 is 1.03 bits per heavy atom. The second kappa shape index (κ2) is 8.88. The zero-order valence-corrected chi connectivity index (χ0v) is 20.1. The highest BCUT2D eigenvalue weighted by molar-refractivity contribution is 6.65. The summed E-state index contributed by atoms with van der Waals surface area (Å²) in [6.07, 6.45) is 1.67. The largest absolute Gasteiger partial charge is 0.495 e. The number of rotatable bonds is 7. The summed E-state index contributed by atoms with van der Waals surface area (Å²) in [6, 6.07) is 13.4. The second-order valence-electron chi connectivity index (χ2n) is 9.72. The van der Waals surface area contributed by atoms with E-state index in [9.17, 15) is 4.79 Å². The average Bonchev–Trinajstić information content (AvgIpc) is 3.27. The molecule has 174 valence electrons. The molecular formula is C26H31BO6. The fourth-order valence-electron chi connectivity index (χ4n) is 3.82. The van der Waals surface area contributed by atoms with Gasteiger partial charge in [-0.25, -0.2) is 0 Å². The second-order valence-corrected chi connectivity index (χ2v) is 9.72. The summed E-state index contributed by atoms with van der Waals surface area (Å²) in [4.78, 5) is 12.1. The van der Waals surface area contributed by atoms with Crippen LogP contribution in [0.2, 0.25) is 0 Å². The molecule has 0 saturated carbocycles. The predicted molar refractivity (Wildman–Crippen MR) is 128 cm³/mol. The fraction of sp³-hybridized carbons (Fsp3) is 0.423. The van der Waals surface area contributed by atoms with E-state index in [0.717, 1.165) is 27.6 Å². The number of para-hydroxylation sites is 1. The number of benzene rings is 2. The van der Waals surface area contributed by atoms with Crippen molar-refractivity contribution in [2.75, 3.05) is 0 Å². The summed E-state index contributed by atoms with van der Waals surface area (Å²) < 4.78 is 29.7. The van der Waals surface area contributed by atoms with Crippen molar-refractivity contribution in [3.8, 4) is 5.75 Å². The number of hydrogen-bond acceptors (Lipinski definition) is 6. The Labute approximate surface area is 195 Å². The van der Waals surface area contributed by atoms with E-state index in [1.165, 1.54) is 0 Å². The molecule has 0 spiro atoms. The molecule has 33 heavy (non-hydrogen) atoms. The molecule has 0 unspecified atom stereocenters. The van der Waals surface area contributed by atoms with Crippen LogP contribution >= 0.6 is 0 Å². The lowest BCUT2D eigenvalue weighted by Gasteiger charge is -2.32. The molecule has 2 aromatic carbocycles. The summed E-state index contributed by atoms with van der Waals surface area (Å²) in [6.45, 7) is 12.1. The first-order chi connectivity index (χ1) is 15.6. The summed E-state index contributed by atoms with van der Waals surface area (Å²) in [5.41, 5.74) is 2.48. The van der Waals surface area contributed by atoms with Gasteiger partial charge in [-0.1, -0.05) is 24.3 Å². The van der Waals surface area contributed by atoms with Gasteiger partial charge >= 0.3 is 13.1 Å². The lowest BCUT2D eigenvalue weighted by molar-refractivity contribution is -0.146. The number of esters is 1. The summed E-state index contributed by atoms with van der Waals surface area (Å²) in [5, 5.41) is 0.953. The van der Waals surface area contributed by atoms with Crippen LogP contribution in [0.25, 0.3) is 11.0 Å². The molecule has 4 rings (SSSR count). The third-order valence-corrected chi connectivity index (χ3v) is 6.24. The number of fused-ring (bicyclic) bond motifs is 1. The van der Waals surface area contributed by atoms with Crippen LogP contribution in [0.15, 0.2) is 53.1 Å². The molecule has 0 N–H and O–H groups in total. The maximum absolute atomic E-state index is 12.1. The molecule has 0 amide bonds. The molecule has 0 atom stereocenters. The Bertz CT molecular complexity index is 1130. The summed E-state index contributed by atoms with van der Waals surface area (Å²) in [5.74, 6) is 0.371. The van der Waals surface area contributed by atoms with Crippen LogP contribution in [0.4, 0.5) is 0 Å². The number of carbonyl (C=O) groups excluding carboxylic acids is 1. The van der Waals surface area contributed by atoms with Gasteiger partial charge in [-0.15, -0.1) is 0 Å². The van der Waals surface area contributed by atoms with Gasteiger partial charge in [0.05, 0.1) is 30.0 Å². The van der Waals surface area contributed by atoms with Crippen LogP contribution in [0.3, 0.4) is 0 Å². The van der Waals surface area contributed by atoms with E-state index in [2.05, 4.69) is 0 Å². The van der Waals surface area contributed by atoms with Gasteiger partial charge in [0, 0.05) is 10.9 Å². The molecular weight excluding hydrogens is 419 g/mol. The minimum Gasteiger partial charge on any atom is -0.489 e. The van der Waals surface area contributed by atoms with Crippen LogP contribution in [0.5, 0.6) is 5.75 Å². The molecule has 1 fully saturated rings. The maximum Gasteiger partial charge on any atom is 0.495 e. The minimum absolute atomic E-state index is 0.154. The van der Waals surface area contributed by atoms with E-state index in [1.807, 2.05) is 84.0 Å². The minimum atomic E-state index is -0.506. The van der Waals surface area contributed by atoms with Crippen molar-refractivity contribution in [1.29, 1.82) is 0 Å². The quantitative estimate of drug-likeness (QED) is 0.381. The van der Waals surface area contributed by atoms with E-state index >= 15 is 0 Å². The summed E-state index contributed by atoms with van der Waals surface area (Å²) >= 11 is 0. The molecule has 0 aliphatic carbocycles. The lowest BCUT2D eigenvalue weighted by Crippen LogP contribution is -2.41. The zero-order valence-electron chi connectivity index (χ0n) is 20.1. The normalized spacial score (nSPS) is 17.0. The molecule has 1 saturated heterocycles. The van der Waals surface area contributed by atoms with Crippen molar-refractivity contribution < 1.29 is 28.0 Å². The van der Waals surface area contributed by atoms with Crippen molar-refractivity contribution in [3.63, 3.8) is 0 Å². The number of carbonyl (C=O) groups is 1. The van der Waals surface area contributed by atoms with Crippen molar-refractivity contribution in [3.05, 3.63) is 59.9 Å². The highest BCUT2D eigenvalue weighted by Gasteiger charge is 2.52. The molecule has 0 radical (unpaired) electrons. The van der Waals surface area contributed by atoms with Crippen molar-refractivity contribution in [2.45, 2.75) is 71.9 Å². The van der Waals surface area contributed by atoms with Gasteiger partial charge < -0.3 is 23.2 Å². The molecule has 7 heteroatoms. The van der Waals surface area contributed by atoms with Crippen molar-refractivity contribution in [1.82, 2.24) is 0 Å². The Morgan fingerprint density at radius 3 is 2.42 bits per heavy atom. The van der Waals surface area contributed by atoms with Crippen LogP contribution in [0, 0.1) is 0 Å². The SMILES string of the molecule is CC(C)OC(=O)Cc1ccccc1OCc1cc(B2OC(C)(C)C(C)(C)O2)c2ccoc2c1. The van der Waals surface area contributed by atoms with Crippen LogP contribution in [0.1, 0.15) is 52.7 Å². The summed E-state index contributed by atoms with van der Waals surface area (Å²) in [7, 11) is -0.506. The Balaban J connectivity index is 1.56. The average molecular weight is 450 g/mol. The van der Waals surface area contributed by atoms with E-state index in [0.29, 0.717) is 12.4 Å². The lowest BCUT2D eigenvalue weighted by atomic mass is 9.76. The highest BCUT2D eigenvalue weighted by Crippen LogP contribution is 2.37. The van der Waals surface area contributed by atoms with Gasteiger partial charge in [0.2, 0.25) is 0 Å². The van der Waals surface area contributed by atoms with E-state index in [1.54, 1.807) is 6.26 Å². The van der Waals surface area contributed by atoms with Gasteiger partial charge in [0.25, 0.3) is 0 Å². The maximum atomic E-state index is 12.1. The Kier molecular flexibility index (Phi) is 6.29. The third kappa shape index (κ3) is 4.94. The first-order valence-electron chi connectivity index (χ1n) is 11.3. The van der Waals surface area contributed by atoms with Crippen molar-refractivity contribution in [2.24, 2.45) is 0 Å². The number of hydrogen-bond donors (Lipinski definition) is 0. The van der Waals surface area contributed by atoms with Gasteiger partial charge in [-0.3, -0.25) is 4.79 Å². The molecule has 1 aliphatic rings. The molecule has 3 aromatic rings. The van der Waals surface area contributed by atoms with Crippen molar-refractivity contribution >= 4 is 29.5 Å². The molecule has 0 bridgehead atoms. The van der Waals surface area contributed by atoms with E-state index in [-0.39, 0.29) is 18.5 Å². The van der Waals surface area contributed by atoms with Crippen LogP contribution in [-0.2, 0) is 31.9 Å². The monoisotopic (exact) mass is 450 g/mol.